The lowest BCUT2D eigenvalue weighted by Crippen LogP contribution is -2.27. The standard InChI is InChI=1S/C15H19N3O4/c1-15(2,3)22-14(19)18-9-5-6-10(11(7-9)20-4)12-8-17-13(16)21-12/h5-8H,1-4H3,(H2,16,17)(H,18,19). The largest absolute Gasteiger partial charge is 0.496 e. The summed E-state index contributed by atoms with van der Waals surface area (Å²) in [4.78, 5) is 15.6. The average Bonchev–Trinajstić information content (AvgIpc) is 2.82. The van der Waals surface area contributed by atoms with Gasteiger partial charge >= 0.3 is 6.09 Å². The highest BCUT2D eigenvalue weighted by molar-refractivity contribution is 5.86. The maximum absolute atomic E-state index is 11.8. The van der Waals surface area contributed by atoms with Gasteiger partial charge in [-0.3, -0.25) is 5.32 Å². The number of methoxy groups -OCH3 is 1. The van der Waals surface area contributed by atoms with Crippen LogP contribution in [0, 0.1) is 0 Å². The summed E-state index contributed by atoms with van der Waals surface area (Å²) in [5, 5.41) is 2.64. The number of hydrogen-bond acceptors (Lipinski definition) is 6. The SMILES string of the molecule is COc1cc(NC(=O)OC(C)(C)C)ccc1-c1cnc(N)o1. The number of nitrogens with zero attached hydrogens (tertiary/aromatic N) is 1. The maximum Gasteiger partial charge on any atom is 0.412 e. The molecule has 3 N–H and O–H groups in total. The molecule has 0 radical (unpaired) electrons. The molecule has 1 amide bonds. The molecule has 22 heavy (non-hydrogen) atoms. The van der Waals surface area contributed by atoms with Crippen LogP contribution in [0.3, 0.4) is 0 Å². The number of nitrogen functional groups attached to an aromatic ring is 1. The van der Waals surface area contributed by atoms with Crippen molar-refractivity contribution in [2.75, 3.05) is 18.2 Å². The Balaban J connectivity index is 2.21. The van der Waals surface area contributed by atoms with Gasteiger partial charge in [0.25, 0.3) is 6.01 Å². The molecule has 0 spiro atoms. The van der Waals surface area contributed by atoms with Crippen molar-refractivity contribution in [2.24, 2.45) is 0 Å². The number of benzene rings is 1. The smallest absolute Gasteiger partial charge is 0.412 e. The second kappa shape index (κ2) is 5.97. The van der Waals surface area contributed by atoms with Crippen molar-refractivity contribution < 1.29 is 18.7 Å². The first-order valence-electron chi connectivity index (χ1n) is 6.68. The molecule has 0 bridgehead atoms. The van der Waals surface area contributed by atoms with E-state index in [1.165, 1.54) is 13.3 Å². The number of rotatable bonds is 3. The molecule has 0 saturated heterocycles. The Morgan fingerprint density at radius 2 is 2.09 bits per heavy atom. The third kappa shape index (κ3) is 3.91. The topological polar surface area (TPSA) is 99.6 Å². The van der Waals surface area contributed by atoms with Gasteiger partial charge in [-0.05, 0) is 32.9 Å². The van der Waals surface area contributed by atoms with Crippen LogP contribution in [0.2, 0.25) is 0 Å². The molecule has 7 nitrogen and oxygen atoms in total. The highest BCUT2D eigenvalue weighted by Crippen LogP contribution is 2.33. The molecule has 2 aromatic rings. The lowest BCUT2D eigenvalue weighted by molar-refractivity contribution is 0.0636. The third-order valence-electron chi connectivity index (χ3n) is 2.64. The van der Waals surface area contributed by atoms with Crippen LogP contribution >= 0.6 is 0 Å². The number of anilines is 2. The minimum absolute atomic E-state index is 0.0769. The summed E-state index contributed by atoms with van der Waals surface area (Å²) in [7, 11) is 1.52. The summed E-state index contributed by atoms with van der Waals surface area (Å²) >= 11 is 0. The molecular formula is C15H19N3O4. The lowest BCUT2D eigenvalue weighted by Gasteiger charge is -2.20. The molecule has 1 heterocycles. The number of oxazole rings is 1. The molecule has 0 saturated carbocycles. The summed E-state index contributed by atoms with van der Waals surface area (Å²) < 4.78 is 15.8. The molecular weight excluding hydrogens is 286 g/mol. The second-order valence-corrected chi connectivity index (χ2v) is 5.60. The molecule has 0 aliphatic rings. The Hall–Kier alpha value is -2.70. The van der Waals surface area contributed by atoms with Crippen molar-refractivity contribution in [3.05, 3.63) is 24.4 Å². The first-order chi connectivity index (χ1) is 10.3. The molecule has 118 valence electrons. The van der Waals surface area contributed by atoms with Crippen molar-refractivity contribution in [2.45, 2.75) is 26.4 Å². The number of aromatic nitrogens is 1. The fourth-order valence-electron chi connectivity index (χ4n) is 1.81. The Morgan fingerprint density at radius 3 is 2.64 bits per heavy atom. The molecule has 7 heteroatoms. The van der Waals surface area contributed by atoms with Gasteiger partial charge in [0.05, 0.1) is 18.9 Å². The van der Waals surface area contributed by atoms with E-state index < -0.39 is 11.7 Å². The van der Waals surface area contributed by atoms with Crippen LogP contribution in [0.5, 0.6) is 5.75 Å². The van der Waals surface area contributed by atoms with Crippen LogP contribution in [0.15, 0.2) is 28.8 Å². The van der Waals surface area contributed by atoms with Crippen LogP contribution in [0.4, 0.5) is 16.5 Å². The number of nitrogens with two attached hydrogens (primary N) is 1. The van der Waals surface area contributed by atoms with Crippen LogP contribution in [-0.4, -0.2) is 23.8 Å². The minimum Gasteiger partial charge on any atom is -0.496 e. The summed E-state index contributed by atoms with van der Waals surface area (Å²) in [5.74, 6) is 1.00. The predicted octanol–water partition coefficient (Wildman–Crippen LogP) is 3.28. The number of hydrogen-bond donors (Lipinski definition) is 2. The van der Waals surface area contributed by atoms with Crippen molar-refractivity contribution in [1.29, 1.82) is 0 Å². The summed E-state index contributed by atoms with van der Waals surface area (Å²) in [5.41, 5.74) is 6.13. The molecule has 0 fully saturated rings. The van der Waals surface area contributed by atoms with Gasteiger partial charge in [-0.2, -0.15) is 0 Å². The normalized spacial score (nSPS) is 11.1. The molecule has 0 unspecified atom stereocenters. The van der Waals surface area contributed by atoms with Gasteiger partial charge in [-0.25, -0.2) is 9.78 Å². The highest BCUT2D eigenvalue weighted by Gasteiger charge is 2.17. The summed E-state index contributed by atoms with van der Waals surface area (Å²) in [6.45, 7) is 5.39. The Morgan fingerprint density at radius 1 is 1.36 bits per heavy atom. The summed E-state index contributed by atoms with van der Waals surface area (Å²) in [6, 6.07) is 5.19. The first kappa shape index (κ1) is 15.7. The number of carbonyl (C=O) groups excluding carboxylic acids is 1. The van der Waals surface area contributed by atoms with Crippen LogP contribution < -0.4 is 15.8 Å². The minimum atomic E-state index is -0.564. The van der Waals surface area contributed by atoms with Gasteiger partial charge in [-0.1, -0.05) is 0 Å². The average molecular weight is 305 g/mol. The zero-order valence-electron chi connectivity index (χ0n) is 13.0. The Labute approximate surface area is 128 Å². The molecule has 0 atom stereocenters. The van der Waals surface area contributed by atoms with Gasteiger partial charge in [0, 0.05) is 11.8 Å². The quantitative estimate of drug-likeness (QED) is 0.902. The van der Waals surface area contributed by atoms with Crippen molar-refractivity contribution >= 4 is 17.8 Å². The van der Waals surface area contributed by atoms with Crippen LogP contribution in [0.1, 0.15) is 20.8 Å². The summed E-state index contributed by atoms with van der Waals surface area (Å²) in [6.07, 6.45) is 0.972. The fraction of sp³-hybridized carbons (Fsp3) is 0.333. The molecule has 2 rings (SSSR count). The van der Waals surface area contributed by atoms with Gasteiger partial charge in [0.1, 0.15) is 11.4 Å². The van der Waals surface area contributed by atoms with Crippen LogP contribution in [0.25, 0.3) is 11.3 Å². The van der Waals surface area contributed by atoms with Crippen molar-refractivity contribution in [3.8, 4) is 17.1 Å². The Bertz CT molecular complexity index is 674. The molecule has 0 aliphatic heterocycles. The van der Waals surface area contributed by atoms with E-state index in [1.54, 1.807) is 39.0 Å². The van der Waals surface area contributed by atoms with Crippen LogP contribution in [-0.2, 0) is 4.74 Å². The van der Waals surface area contributed by atoms with E-state index >= 15 is 0 Å². The molecule has 0 aliphatic carbocycles. The number of nitrogens with one attached hydrogen (secondary N) is 1. The van der Waals surface area contributed by atoms with E-state index in [4.69, 9.17) is 19.6 Å². The van der Waals surface area contributed by atoms with Gasteiger partial charge in [-0.15, -0.1) is 0 Å². The maximum atomic E-state index is 11.8. The van der Waals surface area contributed by atoms with E-state index in [-0.39, 0.29) is 6.01 Å². The lowest BCUT2D eigenvalue weighted by atomic mass is 10.1. The predicted molar refractivity (Wildman–Crippen MR) is 82.8 cm³/mol. The van der Waals surface area contributed by atoms with E-state index in [0.29, 0.717) is 22.8 Å². The molecule has 1 aromatic heterocycles. The van der Waals surface area contributed by atoms with E-state index in [9.17, 15) is 4.79 Å². The fourth-order valence-corrected chi connectivity index (χ4v) is 1.81. The van der Waals surface area contributed by atoms with Gasteiger partial charge in [0.2, 0.25) is 0 Å². The Kier molecular flexibility index (Phi) is 4.25. The number of amides is 1. The van der Waals surface area contributed by atoms with Crippen molar-refractivity contribution in [3.63, 3.8) is 0 Å². The van der Waals surface area contributed by atoms with Gasteiger partial charge in [0.15, 0.2) is 5.76 Å². The van der Waals surface area contributed by atoms with E-state index in [2.05, 4.69) is 10.3 Å². The molecule has 1 aromatic carbocycles. The van der Waals surface area contributed by atoms with Gasteiger partial charge < -0.3 is 19.6 Å². The zero-order chi connectivity index (χ0) is 16.3. The van der Waals surface area contributed by atoms with E-state index in [1.807, 2.05) is 0 Å². The zero-order valence-corrected chi connectivity index (χ0v) is 13.0. The number of carbonyl (C=O) groups is 1. The first-order valence-corrected chi connectivity index (χ1v) is 6.68. The second-order valence-electron chi connectivity index (χ2n) is 5.60. The van der Waals surface area contributed by atoms with Crippen molar-refractivity contribution in [1.82, 2.24) is 4.98 Å². The highest BCUT2D eigenvalue weighted by atomic mass is 16.6. The monoisotopic (exact) mass is 305 g/mol. The third-order valence-corrected chi connectivity index (χ3v) is 2.64. The van der Waals surface area contributed by atoms with E-state index in [0.717, 1.165) is 0 Å². The number of ether oxygens (including phenoxy) is 2.